The fourth-order valence-electron chi connectivity index (χ4n) is 7.74. The summed E-state index contributed by atoms with van der Waals surface area (Å²) in [6, 6.07) is 66.2. The molecule has 0 bridgehead atoms. The molecule has 0 N–H and O–H groups in total. The Morgan fingerprint density at radius 2 is 0.729 bits per heavy atom. The van der Waals surface area contributed by atoms with E-state index >= 15 is 0 Å². The van der Waals surface area contributed by atoms with Gasteiger partial charge in [0.25, 0.3) is 0 Å². The third-order valence-electron chi connectivity index (χ3n) is 9.93. The average molecular weight is 611 g/mol. The van der Waals surface area contributed by atoms with Gasteiger partial charge >= 0.3 is 0 Å². The van der Waals surface area contributed by atoms with Crippen molar-refractivity contribution in [3.63, 3.8) is 0 Å². The number of para-hydroxylation sites is 2. The third-order valence-corrected chi connectivity index (χ3v) is 9.93. The first kappa shape index (κ1) is 26.8. The van der Waals surface area contributed by atoms with Crippen molar-refractivity contribution in [2.45, 2.75) is 0 Å². The summed E-state index contributed by atoms with van der Waals surface area (Å²) >= 11 is 0. The van der Waals surface area contributed by atoms with E-state index in [9.17, 15) is 0 Å². The highest BCUT2D eigenvalue weighted by atomic mass is 15.0. The predicted molar refractivity (Wildman–Crippen MR) is 203 cm³/mol. The van der Waals surface area contributed by atoms with Crippen molar-refractivity contribution in [3.8, 4) is 33.6 Å². The van der Waals surface area contributed by atoms with Crippen LogP contribution in [0.4, 0.5) is 0 Å². The SMILES string of the molecule is c1ccc(-c2ccc(-n3c4ccccc4c4ccc5c6ccccc6n(-c6ccc(-c7cccc8ccccc78)cc6)c5c43)cc2)cc1. The lowest BCUT2D eigenvalue weighted by molar-refractivity contribution is 1.15. The van der Waals surface area contributed by atoms with E-state index in [0.29, 0.717) is 0 Å². The molecule has 2 nitrogen and oxygen atoms in total. The highest BCUT2D eigenvalue weighted by Gasteiger charge is 2.21. The molecule has 2 heterocycles. The maximum atomic E-state index is 2.47. The summed E-state index contributed by atoms with van der Waals surface area (Å²) in [6.07, 6.45) is 0. The molecule has 224 valence electrons. The summed E-state index contributed by atoms with van der Waals surface area (Å²) in [6.45, 7) is 0. The summed E-state index contributed by atoms with van der Waals surface area (Å²) in [5.41, 5.74) is 12.0. The lowest BCUT2D eigenvalue weighted by Gasteiger charge is -2.14. The third kappa shape index (κ3) is 4.00. The van der Waals surface area contributed by atoms with Crippen molar-refractivity contribution in [1.29, 1.82) is 0 Å². The van der Waals surface area contributed by atoms with Gasteiger partial charge in [-0.2, -0.15) is 0 Å². The second kappa shape index (κ2) is 10.6. The van der Waals surface area contributed by atoms with Crippen LogP contribution in [0.15, 0.2) is 182 Å². The molecule has 10 aromatic rings. The Kier molecular flexibility index (Phi) is 5.91. The van der Waals surface area contributed by atoms with Crippen LogP contribution in [0, 0.1) is 0 Å². The summed E-state index contributed by atoms with van der Waals surface area (Å²) in [7, 11) is 0. The number of aromatic nitrogens is 2. The molecule has 0 aliphatic rings. The first-order valence-electron chi connectivity index (χ1n) is 16.5. The van der Waals surface area contributed by atoms with Gasteiger partial charge in [0.1, 0.15) is 0 Å². The van der Waals surface area contributed by atoms with Gasteiger partial charge in [0.05, 0.1) is 22.1 Å². The monoisotopic (exact) mass is 610 g/mol. The van der Waals surface area contributed by atoms with Crippen molar-refractivity contribution in [1.82, 2.24) is 9.13 Å². The Hall–Kier alpha value is -6.38. The molecule has 10 rings (SSSR count). The van der Waals surface area contributed by atoms with Gasteiger partial charge < -0.3 is 9.13 Å². The zero-order valence-electron chi connectivity index (χ0n) is 26.2. The van der Waals surface area contributed by atoms with E-state index in [4.69, 9.17) is 0 Å². The molecule has 0 atom stereocenters. The predicted octanol–water partition coefficient (Wildman–Crippen LogP) is 12.4. The van der Waals surface area contributed by atoms with Crippen LogP contribution >= 0.6 is 0 Å². The molecule has 0 saturated carbocycles. The smallest absolute Gasteiger partial charge is 0.0788 e. The maximum absolute atomic E-state index is 2.47. The first-order valence-corrected chi connectivity index (χ1v) is 16.5. The topological polar surface area (TPSA) is 9.86 Å². The normalized spacial score (nSPS) is 11.8. The van der Waals surface area contributed by atoms with Crippen molar-refractivity contribution >= 4 is 54.4 Å². The molecule has 0 spiro atoms. The van der Waals surface area contributed by atoms with Crippen molar-refractivity contribution < 1.29 is 0 Å². The minimum Gasteiger partial charge on any atom is -0.307 e. The van der Waals surface area contributed by atoms with Crippen LogP contribution in [-0.2, 0) is 0 Å². The lowest BCUT2D eigenvalue weighted by atomic mass is 9.98. The van der Waals surface area contributed by atoms with Gasteiger partial charge in [-0.1, -0.05) is 146 Å². The largest absolute Gasteiger partial charge is 0.307 e. The number of benzene rings is 8. The molecule has 0 aliphatic carbocycles. The second-order valence-electron chi connectivity index (χ2n) is 12.5. The van der Waals surface area contributed by atoms with Gasteiger partial charge in [-0.05, 0) is 69.4 Å². The summed E-state index contributed by atoms with van der Waals surface area (Å²) in [5, 5.41) is 7.54. The zero-order chi connectivity index (χ0) is 31.6. The molecule has 0 amide bonds. The molecule has 2 aromatic heterocycles. The van der Waals surface area contributed by atoms with Crippen LogP contribution in [0.5, 0.6) is 0 Å². The van der Waals surface area contributed by atoms with Crippen LogP contribution in [0.3, 0.4) is 0 Å². The number of rotatable bonds is 4. The molecular weight excluding hydrogens is 581 g/mol. The van der Waals surface area contributed by atoms with Crippen LogP contribution in [0.1, 0.15) is 0 Å². The van der Waals surface area contributed by atoms with Gasteiger partial charge in [-0.3, -0.25) is 0 Å². The fourth-order valence-corrected chi connectivity index (χ4v) is 7.74. The van der Waals surface area contributed by atoms with E-state index in [2.05, 4.69) is 191 Å². The van der Waals surface area contributed by atoms with Crippen LogP contribution in [0.2, 0.25) is 0 Å². The Morgan fingerprint density at radius 3 is 1.33 bits per heavy atom. The number of hydrogen-bond acceptors (Lipinski definition) is 0. The van der Waals surface area contributed by atoms with E-state index in [-0.39, 0.29) is 0 Å². The van der Waals surface area contributed by atoms with Crippen LogP contribution < -0.4 is 0 Å². The van der Waals surface area contributed by atoms with Gasteiger partial charge in [-0.25, -0.2) is 0 Å². The highest BCUT2D eigenvalue weighted by Crippen LogP contribution is 2.42. The van der Waals surface area contributed by atoms with Crippen molar-refractivity contribution in [2.75, 3.05) is 0 Å². The number of fused-ring (bicyclic) bond motifs is 8. The quantitative estimate of drug-likeness (QED) is 0.188. The van der Waals surface area contributed by atoms with E-state index in [0.717, 1.165) is 11.4 Å². The molecule has 48 heavy (non-hydrogen) atoms. The van der Waals surface area contributed by atoms with E-state index in [1.165, 1.54) is 76.6 Å². The van der Waals surface area contributed by atoms with E-state index in [1.54, 1.807) is 0 Å². The van der Waals surface area contributed by atoms with Gasteiger partial charge in [-0.15, -0.1) is 0 Å². The standard InChI is InChI=1S/C46H30N2/c1-2-11-31(12-3-1)32-21-25-35(26-22-32)47-43-19-8-6-16-39(43)41-29-30-42-40-17-7-9-20-44(40)48(46(42)45(41)47)36-27-23-34(24-28-36)38-18-10-14-33-13-4-5-15-37(33)38/h1-30H. The molecular formula is C46H30N2. The van der Waals surface area contributed by atoms with Crippen molar-refractivity contribution in [2.24, 2.45) is 0 Å². The maximum Gasteiger partial charge on any atom is 0.0788 e. The Balaban J connectivity index is 1.25. The minimum absolute atomic E-state index is 1.15. The molecule has 0 radical (unpaired) electrons. The Bertz CT molecular complexity index is 2790. The molecule has 0 fully saturated rings. The molecule has 0 unspecified atom stereocenters. The fraction of sp³-hybridized carbons (Fsp3) is 0. The van der Waals surface area contributed by atoms with Crippen LogP contribution in [-0.4, -0.2) is 9.13 Å². The summed E-state index contributed by atoms with van der Waals surface area (Å²) < 4.78 is 4.93. The van der Waals surface area contributed by atoms with Gasteiger partial charge in [0.2, 0.25) is 0 Å². The summed E-state index contributed by atoms with van der Waals surface area (Å²) in [5.74, 6) is 0. The number of nitrogens with zero attached hydrogens (tertiary/aromatic N) is 2. The minimum atomic E-state index is 1.15. The van der Waals surface area contributed by atoms with Gasteiger partial charge in [0.15, 0.2) is 0 Å². The average Bonchev–Trinajstić information content (AvgIpc) is 3.68. The van der Waals surface area contributed by atoms with E-state index in [1.807, 2.05) is 0 Å². The first-order chi connectivity index (χ1) is 23.8. The van der Waals surface area contributed by atoms with Gasteiger partial charge in [0, 0.05) is 32.9 Å². The summed E-state index contributed by atoms with van der Waals surface area (Å²) in [4.78, 5) is 0. The van der Waals surface area contributed by atoms with Crippen LogP contribution in [0.25, 0.3) is 88.0 Å². The van der Waals surface area contributed by atoms with E-state index < -0.39 is 0 Å². The molecule has 2 heteroatoms. The van der Waals surface area contributed by atoms with Crippen molar-refractivity contribution in [3.05, 3.63) is 182 Å². The Morgan fingerprint density at radius 1 is 0.271 bits per heavy atom. The highest BCUT2D eigenvalue weighted by molar-refractivity contribution is 6.23. The molecule has 0 aliphatic heterocycles. The second-order valence-corrected chi connectivity index (χ2v) is 12.5. The Labute approximate surface area is 278 Å². The molecule has 8 aromatic carbocycles. The zero-order valence-corrected chi connectivity index (χ0v) is 26.2. The number of hydrogen-bond donors (Lipinski definition) is 0. The molecule has 0 saturated heterocycles. The lowest BCUT2D eigenvalue weighted by Crippen LogP contribution is -1.99.